The fourth-order valence-corrected chi connectivity index (χ4v) is 2.51. The number of nitrogens with zero attached hydrogens (tertiary/aromatic N) is 4. The molecule has 0 spiro atoms. The number of aromatic nitrogens is 4. The molecule has 2 rings (SSSR count). The minimum atomic E-state index is 0.859. The van der Waals surface area contributed by atoms with E-state index in [0.717, 1.165) is 29.1 Å². The van der Waals surface area contributed by atoms with Crippen molar-refractivity contribution in [3.63, 3.8) is 0 Å². The second-order valence-electron chi connectivity index (χ2n) is 4.44. The molecule has 0 bridgehead atoms. The summed E-state index contributed by atoms with van der Waals surface area (Å²) in [6.45, 7) is 7.94. The molecule has 2 aromatic heterocycles. The number of rotatable bonds is 5. The molecule has 2 heterocycles. The normalized spacial score (nSPS) is 10.9. The Bertz CT molecular complexity index is 564. The topological polar surface area (TPSA) is 55.6 Å². The van der Waals surface area contributed by atoms with Gasteiger partial charge in [-0.25, -0.2) is 4.98 Å². The second-order valence-corrected chi connectivity index (χ2v) is 5.39. The molecule has 102 valence electrons. The number of pyridine rings is 1. The van der Waals surface area contributed by atoms with E-state index in [9.17, 15) is 0 Å². The Morgan fingerprint density at radius 1 is 1.32 bits per heavy atom. The molecule has 6 heteroatoms. The van der Waals surface area contributed by atoms with Gasteiger partial charge >= 0.3 is 0 Å². The predicted octanol–water partition coefficient (Wildman–Crippen LogP) is 2.09. The Labute approximate surface area is 117 Å². The van der Waals surface area contributed by atoms with Crippen LogP contribution in [-0.2, 0) is 13.6 Å². The fraction of sp³-hybridized carbons (Fsp3) is 0.462. The zero-order chi connectivity index (χ0) is 13.8. The van der Waals surface area contributed by atoms with Crippen LogP contribution >= 0.6 is 11.8 Å². The molecule has 0 saturated carbocycles. The van der Waals surface area contributed by atoms with Crippen LogP contribution in [0.1, 0.15) is 23.9 Å². The fourth-order valence-electron chi connectivity index (χ4n) is 1.66. The molecule has 0 saturated heterocycles. The molecule has 0 aliphatic heterocycles. The first-order valence-electron chi connectivity index (χ1n) is 6.32. The molecular weight excluding hydrogens is 258 g/mol. The summed E-state index contributed by atoms with van der Waals surface area (Å²) in [7, 11) is 1.96. The lowest BCUT2D eigenvalue weighted by Gasteiger charge is -2.07. The molecular formula is C13H19N5S. The smallest absolute Gasteiger partial charge is 0.197 e. The maximum atomic E-state index is 4.52. The largest absolute Gasteiger partial charge is 0.313 e. The molecule has 0 radical (unpaired) electrons. The summed E-state index contributed by atoms with van der Waals surface area (Å²) >= 11 is 1.55. The Morgan fingerprint density at radius 3 is 2.68 bits per heavy atom. The predicted molar refractivity (Wildman–Crippen MR) is 76.2 cm³/mol. The SMILES string of the molecule is CCNCc1cnc(Sc2nnc(C)n2C)c(C)c1. The van der Waals surface area contributed by atoms with Crippen molar-refractivity contribution >= 4 is 11.8 Å². The zero-order valence-corrected chi connectivity index (χ0v) is 12.6. The lowest BCUT2D eigenvalue weighted by molar-refractivity contribution is 0.721. The van der Waals surface area contributed by atoms with Gasteiger partial charge in [0, 0.05) is 19.8 Å². The maximum Gasteiger partial charge on any atom is 0.197 e. The van der Waals surface area contributed by atoms with Gasteiger partial charge in [-0.2, -0.15) is 0 Å². The van der Waals surface area contributed by atoms with Crippen LogP contribution in [0.15, 0.2) is 22.4 Å². The molecule has 0 unspecified atom stereocenters. The Hall–Kier alpha value is -1.40. The van der Waals surface area contributed by atoms with Gasteiger partial charge in [0.05, 0.1) is 0 Å². The highest BCUT2D eigenvalue weighted by Gasteiger charge is 2.10. The van der Waals surface area contributed by atoms with Crippen molar-refractivity contribution in [1.29, 1.82) is 0 Å². The van der Waals surface area contributed by atoms with Crippen molar-refractivity contribution in [2.45, 2.75) is 37.5 Å². The average Bonchev–Trinajstić information content (AvgIpc) is 2.71. The number of hydrogen-bond donors (Lipinski definition) is 1. The summed E-state index contributed by atoms with van der Waals surface area (Å²) in [4.78, 5) is 4.52. The van der Waals surface area contributed by atoms with E-state index in [2.05, 4.69) is 40.4 Å². The minimum Gasteiger partial charge on any atom is -0.313 e. The molecule has 19 heavy (non-hydrogen) atoms. The van der Waals surface area contributed by atoms with Gasteiger partial charge in [0.1, 0.15) is 10.9 Å². The van der Waals surface area contributed by atoms with E-state index in [1.165, 1.54) is 11.1 Å². The number of hydrogen-bond acceptors (Lipinski definition) is 5. The summed E-state index contributed by atoms with van der Waals surface area (Å²) in [5.41, 5.74) is 2.37. The van der Waals surface area contributed by atoms with Gasteiger partial charge in [-0.3, -0.25) is 0 Å². The molecule has 0 aliphatic carbocycles. The van der Waals surface area contributed by atoms with Gasteiger partial charge < -0.3 is 9.88 Å². The van der Waals surface area contributed by atoms with Gasteiger partial charge in [0.15, 0.2) is 5.16 Å². The van der Waals surface area contributed by atoms with Crippen molar-refractivity contribution in [2.24, 2.45) is 7.05 Å². The van der Waals surface area contributed by atoms with Crippen molar-refractivity contribution in [3.05, 3.63) is 29.2 Å². The molecule has 0 fully saturated rings. The van der Waals surface area contributed by atoms with E-state index < -0.39 is 0 Å². The molecule has 0 aliphatic rings. The average molecular weight is 277 g/mol. The van der Waals surface area contributed by atoms with Gasteiger partial charge in [-0.15, -0.1) is 10.2 Å². The second kappa shape index (κ2) is 6.16. The lowest BCUT2D eigenvalue weighted by Crippen LogP contribution is -2.12. The number of nitrogens with one attached hydrogen (secondary N) is 1. The highest BCUT2D eigenvalue weighted by molar-refractivity contribution is 7.99. The lowest BCUT2D eigenvalue weighted by atomic mass is 10.2. The molecule has 5 nitrogen and oxygen atoms in total. The highest BCUT2D eigenvalue weighted by Crippen LogP contribution is 2.27. The molecule has 1 N–H and O–H groups in total. The molecule has 2 aromatic rings. The Balaban J connectivity index is 2.15. The van der Waals surface area contributed by atoms with Gasteiger partial charge in [-0.1, -0.05) is 13.0 Å². The molecule has 0 amide bonds. The van der Waals surface area contributed by atoms with Gasteiger partial charge in [0.2, 0.25) is 0 Å². The quantitative estimate of drug-likeness (QED) is 0.907. The summed E-state index contributed by atoms with van der Waals surface area (Å²) < 4.78 is 1.97. The Kier molecular flexibility index (Phi) is 4.55. The number of aryl methyl sites for hydroxylation is 2. The van der Waals surface area contributed by atoms with E-state index in [4.69, 9.17) is 0 Å². The van der Waals surface area contributed by atoms with Gasteiger partial charge in [0.25, 0.3) is 0 Å². The first-order chi connectivity index (χ1) is 9.11. The summed E-state index contributed by atoms with van der Waals surface area (Å²) in [5.74, 6) is 0.906. The van der Waals surface area contributed by atoms with Crippen LogP contribution in [0.2, 0.25) is 0 Å². The zero-order valence-electron chi connectivity index (χ0n) is 11.8. The highest BCUT2D eigenvalue weighted by atomic mass is 32.2. The first kappa shape index (κ1) is 14.0. The summed E-state index contributed by atoms with van der Waals surface area (Å²) in [6.07, 6.45) is 1.92. The van der Waals surface area contributed by atoms with E-state index in [1.807, 2.05) is 24.7 Å². The van der Waals surface area contributed by atoms with Crippen LogP contribution < -0.4 is 5.32 Å². The van der Waals surface area contributed by atoms with Crippen LogP contribution in [-0.4, -0.2) is 26.3 Å². The first-order valence-corrected chi connectivity index (χ1v) is 7.13. The maximum absolute atomic E-state index is 4.52. The Morgan fingerprint density at radius 2 is 2.11 bits per heavy atom. The van der Waals surface area contributed by atoms with Crippen LogP contribution in [0.25, 0.3) is 0 Å². The standard InChI is InChI=1S/C13H19N5S/c1-5-14-7-11-6-9(2)12(15-8-11)19-13-17-16-10(3)18(13)4/h6,8,14H,5,7H2,1-4H3. The molecule has 0 atom stereocenters. The van der Waals surface area contributed by atoms with Crippen molar-refractivity contribution < 1.29 is 0 Å². The van der Waals surface area contributed by atoms with E-state index >= 15 is 0 Å². The minimum absolute atomic E-state index is 0.859. The van der Waals surface area contributed by atoms with Crippen LogP contribution in [0.5, 0.6) is 0 Å². The van der Waals surface area contributed by atoms with Crippen molar-refractivity contribution in [1.82, 2.24) is 25.1 Å². The third-order valence-electron chi connectivity index (χ3n) is 2.91. The van der Waals surface area contributed by atoms with Crippen LogP contribution in [0.3, 0.4) is 0 Å². The monoisotopic (exact) mass is 277 g/mol. The third kappa shape index (κ3) is 3.33. The van der Waals surface area contributed by atoms with Crippen LogP contribution in [0.4, 0.5) is 0 Å². The van der Waals surface area contributed by atoms with Crippen LogP contribution in [0, 0.1) is 13.8 Å². The van der Waals surface area contributed by atoms with E-state index in [-0.39, 0.29) is 0 Å². The van der Waals surface area contributed by atoms with E-state index in [0.29, 0.717) is 0 Å². The molecule has 0 aromatic carbocycles. The van der Waals surface area contributed by atoms with Gasteiger partial charge in [-0.05, 0) is 43.3 Å². The third-order valence-corrected chi connectivity index (χ3v) is 4.07. The van der Waals surface area contributed by atoms with E-state index in [1.54, 1.807) is 11.8 Å². The van der Waals surface area contributed by atoms with Crippen molar-refractivity contribution in [2.75, 3.05) is 6.54 Å². The van der Waals surface area contributed by atoms with Crippen molar-refractivity contribution in [3.8, 4) is 0 Å². The summed E-state index contributed by atoms with van der Waals surface area (Å²) in [5, 5.41) is 13.4. The summed E-state index contributed by atoms with van der Waals surface area (Å²) in [6, 6.07) is 2.17.